The second-order valence-electron chi connectivity index (χ2n) is 5.41. The van der Waals surface area contributed by atoms with Crippen molar-refractivity contribution in [1.29, 1.82) is 0 Å². The van der Waals surface area contributed by atoms with E-state index in [0.717, 1.165) is 17.7 Å². The minimum atomic E-state index is -1.30. The predicted molar refractivity (Wildman–Crippen MR) is 95.0 cm³/mol. The van der Waals surface area contributed by atoms with Crippen molar-refractivity contribution in [1.82, 2.24) is 4.90 Å². The summed E-state index contributed by atoms with van der Waals surface area (Å²) in [5, 5.41) is 9.73. The molecule has 6 heteroatoms. The molecule has 0 spiro atoms. The number of nitrogens with zero attached hydrogens (tertiary/aromatic N) is 1. The van der Waals surface area contributed by atoms with Gasteiger partial charge in [0.2, 0.25) is 0 Å². The zero-order valence-corrected chi connectivity index (χ0v) is 14.5. The molecule has 1 aliphatic heterocycles. The highest BCUT2D eigenvalue weighted by Crippen LogP contribution is 2.24. The summed E-state index contributed by atoms with van der Waals surface area (Å²) in [6, 6.07) is 7.75. The molecule has 0 fully saturated rings. The van der Waals surface area contributed by atoms with Crippen molar-refractivity contribution in [3.63, 3.8) is 0 Å². The molecule has 116 valence electrons. The van der Waals surface area contributed by atoms with Gasteiger partial charge in [0.25, 0.3) is 5.91 Å². The summed E-state index contributed by atoms with van der Waals surface area (Å²) in [5.41, 5.74) is 7.48. The summed E-state index contributed by atoms with van der Waals surface area (Å²) in [6.45, 7) is 4.23. The quantitative estimate of drug-likeness (QED) is 0.444. The Labute approximate surface area is 133 Å². The van der Waals surface area contributed by atoms with E-state index in [4.69, 9.17) is 5.73 Å². The van der Waals surface area contributed by atoms with E-state index >= 15 is 0 Å². The van der Waals surface area contributed by atoms with Crippen molar-refractivity contribution < 1.29 is 9.90 Å². The lowest BCUT2D eigenvalue weighted by molar-refractivity contribution is -0.147. The lowest BCUT2D eigenvalue weighted by atomic mass is 9.98. The van der Waals surface area contributed by atoms with Crippen molar-refractivity contribution in [2.75, 3.05) is 18.8 Å². The third-order valence-corrected chi connectivity index (χ3v) is 3.30. The van der Waals surface area contributed by atoms with Crippen LogP contribution in [0.5, 0.6) is 0 Å². The van der Waals surface area contributed by atoms with Gasteiger partial charge in [0.15, 0.2) is 0 Å². The molecular formula is C15H23N2O2PS. The maximum absolute atomic E-state index is 11.9. The van der Waals surface area contributed by atoms with Gasteiger partial charge in [0.05, 0.1) is 0 Å². The summed E-state index contributed by atoms with van der Waals surface area (Å²) in [7, 11) is 2.11. The fourth-order valence-electron chi connectivity index (χ4n) is 2.20. The highest BCUT2D eigenvalue weighted by Gasteiger charge is 2.30. The fraction of sp³-hybridized carbons (Fsp3) is 0.400. The molecule has 0 aliphatic carbocycles. The van der Waals surface area contributed by atoms with Gasteiger partial charge in [-0.05, 0) is 43.5 Å². The zero-order chi connectivity index (χ0) is 16.0. The van der Waals surface area contributed by atoms with Crippen LogP contribution in [0.15, 0.2) is 30.3 Å². The molecule has 3 N–H and O–H groups in total. The molecule has 1 aromatic carbocycles. The summed E-state index contributed by atoms with van der Waals surface area (Å²) in [4.78, 5) is 13.6. The van der Waals surface area contributed by atoms with E-state index in [0.29, 0.717) is 13.1 Å². The monoisotopic (exact) mass is 326 g/mol. The van der Waals surface area contributed by atoms with Gasteiger partial charge in [0, 0.05) is 18.8 Å². The summed E-state index contributed by atoms with van der Waals surface area (Å²) in [5.74, 6) is -0.222. The number of hydrogen-bond acceptors (Lipinski definition) is 4. The molecular weight excluding hydrogens is 303 g/mol. The molecule has 1 heterocycles. The summed E-state index contributed by atoms with van der Waals surface area (Å²) < 4.78 is 0. The lowest BCUT2D eigenvalue weighted by Crippen LogP contribution is -2.46. The topological polar surface area (TPSA) is 66.6 Å². The second-order valence-corrected chi connectivity index (χ2v) is 5.41. The first-order valence-electron chi connectivity index (χ1n) is 6.70. The van der Waals surface area contributed by atoms with Crippen molar-refractivity contribution in [2.24, 2.45) is 0 Å². The Morgan fingerprint density at radius 2 is 1.90 bits per heavy atom. The first-order valence-corrected chi connectivity index (χ1v) is 8.77. The van der Waals surface area contributed by atoms with Crippen LogP contribution < -0.4 is 5.73 Å². The number of hydrogen-bond donors (Lipinski definition) is 3. The van der Waals surface area contributed by atoms with E-state index in [-0.39, 0.29) is 5.91 Å². The van der Waals surface area contributed by atoms with Crippen LogP contribution in [-0.2, 0) is 4.79 Å². The molecule has 1 aliphatic rings. The predicted octanol–water partition coefficient (Wildman–Crippen LogP) is 2.36. The number of amides is 1. The molecule has 2 rings (SSSR count). The Hall–Kier alpha value is -1.03. The number of nitrogens with two attached hydrogens (primary N) is 1. The van der Waals surface area contributed by atoms with Crippen LogP contribution in [0.25, 0.3) is 5.57 Å². The first kappa shape index (κ1) is 18.0. The number of benzene rings is 1. The minimum absolute atomic E-state index is 0.222. The van der Waals surface area contributed by atoms with Gasteiger partial charge in [0.1, 0.15) is 5.60 Å². The van der Waals surface area contributed by atoms with Crippen LogP contribution in [0.1, 0.15) is 25.8 Å². The van der Waals surface area contributed by atoms with Crippen LogP contribution in [0, 0.1) is 0 Å². The van der Waals surface area contributed by atoms with E-state index < -0.39 is 5.60 Å². The molecule has 0 radical (unpaired) electrons. The van der Waals surface area contributed by atoms with Gasteiger partial charge in [-0.2, -0.15) is 12.2 Å². The first-order chi connectivity index (χ1) is 9.88. The number of thiol groups is 1. The number of anilines is 1. The normalized spacial score (nSPS) is 14.9. The molecule has 0 bridgehead atoms. The smallest absolute Gasteiger partial charge is 0.254 e. The lowest BCUT2D eigenvalue weighted by Gasteiger charge is -2.31. The standard InChI is InChI=1S/C15H20N2O2.H3PS/c1-15(2,19)14(18)17-9-7-12(8-10-17)11-3-5-13(16)6-4-11;1-2/h3-7,19H,8-10,16H2,1-2H3;2H,1H2. The van der Waals surface area contributed by atoms with E-state index in [9.17, 15) is 9.90 Å². The fourth-order valence-corrected chi connectivity index (χ4v) is 2.20. The number of carbonyl (C=O) groups is 1. The molecule has 1 atom stereocenters. The molecule has 1 amide bonds. The Kier molecular flexibility index (Phi) is 6.72. The Balaban J connectivity index is 0.00000106. The Morgan fingerprint density at radius 1 is 1.33 bits per heavy atom. The third kappa shape index (κ3) is 5.03. The third-order valence-electron chi connectivity index (χ3n) is 3.30. The molecule has 21 heavy (non-hydrogen) atoms. The van der Waals surface area contributed by atoms with Crippen LogP contribution in [-0.4, -0.2) is 34.6 Å². The van der Waals surface area contributed by atoms with E-state index in [1.165, 1.54) is 19.4 Å². The molecule has 0 aromatic heterocycles. The number of nitrogen functional groups attached to an aromatic ring is 1. The van der Waals surface area contributed by atoms with Crippen LogP contribution >= 0.6 is 20.7 Å². The number of carbonyl (C=O) groups excluding carboxylic acids is 1. The number of aliphatic hydroxyl groups is 1. The molecule has 4 nitrogen and oxygen atoms in total. The molecule has 0 saturated heterocycles. The van der Waals surface area contributed by atoms with E-state index in [1.807, 2.05) is 30.3 Å². The van der Waals surface area contributed by atoms with Crippen molar-refractivity contribution in [3.8, 4) is 0 Å². The molecule has 1 aromatic rings. The average molecular weight is 326 g/mol. The second kappa shape index (κ2) is 7.83. The summed E-state index contributed by atoms with van der Waals surface area (Å²) >= 11 is 3.44. The molecule has 0 saturated carbocycles. The van der Waals surface area contributed by atoms with E-state index in [1.54, 1.807) is 4.90 Å². The van der Waals surface area contributed by atoms with Gasteiger partial charge in [-0.3, -0.25) is 4.79 Å². The molecule has 1 unspecified atom stereocenters. The van der Waals surface area contributed by atoms with Crippen molar-refractivity contribution >= 4 is 37.9 Å². The summed E-state index contributed by atoms with van der Waals surface area (Å²) in [6.07, 6.45) is 2.84. The van der Waals surface area contributed by atoms with Gasteiger partial charge < -0.3 is 15.7 Å². The maximum Gasteiger partial charge on any atom is 0.254 e. The van der Waals surface area contributed by atoms with Crippen LogP contribution in [0.4, 0.5) is 5.69 Å². The van der Waals surface area contributed by atoms with E-state index in [2.05, 4.69) is 20.7 Å². The Morgan fingerprint density at radius 3 is 2.33 bits per heavy atom. The van der Waals surface area contributed by atoms with Gasteiger partial charge in [-0.15, -0.1) is 0 Å². The van der Waals surface area contributed by atoms with Crippen molar-refractivity contribution in [3.05, 3.63) is 35.9 Å². The largest absolute Gasteiger partial charge is 0.399 e. The minimum Gasteiger partial charge on any atom is -0.399 e. The Bertz CT molecular complexity index is 509. The zero-order valence-electron chi connectivity index (χ0n) is 12.4. The SMILES string of the molecule is CC(C)(O)C(=O)N1CC=C(c2ccc(N)cc2)CC1.PS. The van der Waals surface area contributed by atoms with Crippen molar-refractivity contribution in [2.45, 2.75) is 25.9 Å². The van der Waals surface area contributed by atoms with Gasteiger partial charge in [-0.1, -0.05) is 26.7 Å². The average Bonchev–Trinajstić information content (AvgIpc) is 2.49. The highest BCUT2D eigenvalue weighted by molar-refractivity contribution is 8.31. The van der Waals surface area contributed by atoms with Gasteiger partial charge in [-0.25, -0.2) is 0 Å². The van der Waals surface area contributed by atoms with Crippen LogP contribution in [0.2, 0.25) is 0 Å². The number of rotatable bonds is 2. The maximum atomic E-state index is 11.9. The highest BCUT2D eigenvalue weighted by atomic mass is 32.7. The van der Waals surface area contributed by atoms with Crippen LogP contribution in [0.3, 0.4) is 0 Å². The van der Waals surface area contributed by atoms with Gasteiger partial charge >= 0.3 is 0 Å².